The van der Waals surface area contributed by atoms with Crippen molar-refractivity contribution in [3.8, 4) is 5.75 Å². The molecule has 2 aromatic heterocycles. The third kappa shape index (κ3) is 7.46. The number of phenols is 1. The maximum absolute atomic E-state index is 13.8. The standard InChI is InChI=1S/C25H28FN5O5S/c1-14-21(23(34)31-19(24(35)36-3)13-28-22(33)20-7-5-11-37-20)15(2)30-25(29-14)27-10-4-6-16-12-17(32)8-9-18(16)26/h5,7-9,11-12,19,32H,4,6,10,13H2,1-3H3,(H,28,33)(H,31,34)(H,27,29,30). The molecule has 4 N–H and O–H groups in total. The average Bonchev–Trinajstić information content (AvgIpc) is 3.40. The van der Waals surface area contributed by atoms with Crippen LogP contribution in [0.5, 0.6) is 5.75 Å². The molecule has 3 rings (SSSR count). The number of aromatic nitrogens is 2. The Hall–Kier alpha value is -4.06. The molecule has 12 heteroatoms. The Balaban J connectivity index is 1.60. The summed E-state index contributed by atoms with van der Waals surface area (Å²) < 4.78 is 18.6. The predicted octanol–water partition coefficient (Wildman–Crippen LogP) is 2.75. The number of rotatable bonds is 11. The highest BCUT2D eigenvalue weighted by Crippen LogP contribution is 2.17. The Labute approximate surface area is 217 Å². The number of halogens is 1. The van der Waals surface area contributed by atoms with E-state index in [-0.39, 0.29) is 29.6 Å². The van der Waals surface area contributed by atoms with Crippen LogP contribution in [0.25, 0.3) is 0 Å². The number of esters is 1. The quantitative estimate of drug-likeness (QED) is 0.219. The van der Waals surface area contributed by atoms with Crippen LogP contribution in [0, 0.1) is 19.7 Å². The van der Waals surface area contributed by atoms with Gasteiger partial charge in [0.25, 0.3) is 11.8 Å². The van der Waals surface area contributed by atoms with E-state index in [0.717, 1.165) is 0 Å². The monoisotopic (exact) mass is 529 g/mol. The Bertz CT molecular complexity index is 1250. The van der Waals surface area contributed by atoms with Crippen LogP contribution in [-0.4, -0.2) is 59.1 Å². The smallest absolute Gasteiger partial charge is 0.330 e. The Kier molecular flexibility index (Phi) is 9.50. The molecule has 3 aromatic rings. The summed E-state index contributed by atoms with van der Waals surface area (Å²) in [6.45, 7) is 3.56. The van der Waals surface area contributed by atoms with E-state index in [1.807, 2.05) is 0 Å². The minimum Gasteiger partial charge on any atom is -0.508 e. The van der Waals surface area contributed by atoms with Crippen LogP contribution in [-0.2, 0) is 16.0 Å². The molecule has 0 saturated heterocycles. The van der Waals surface area contributed by atoms with Gasteiger partial charge >= 0.3 is 5.97 Å². The number of aromatic hydroxyl groups is 1. The normalized spacial score (nSPS) is 11.5. The molecule has 2 amide bonds. The highest BCUT2D eigenvalue weighted by molar-refractivity contribution is 7.12. The highest BCUT2D eigenvalue weighted by Gasteiger charge is 2.26. The number of benzene rings is 1. The molecule has 0 saturated carbocycles. The van der Waals surface area contributed by atoms with Crippen LogP contribution in [0.1, 0.15) is 43.4 Å². The van der Waals surface area contributed by atoms with Gasteiger partial charge in [-0.05, 0) is 61.9 Å². The van der Waals surface area contributed by atoms with E-state index in [9.17, 15) is 23.9 Å². The third-order valence-electron chi connectivity index (χ3n) is 5.44. The van der Waals surface area contributed by atoms with Gasteiger partial charge < -0.3 is 25.8 Å². The van der Waals surface area contributed by atoms with Crippen molar-refractivity contribution in [2.45, 2.75) is 32.7 Å². The molecule has 0 aliphatic heterocycles. The van der Waals surface area contributed by atoms with Crippen molar-refractivity contribution in [3.05, 3.63) is 68.9 Å². The second kappa shape index (κ2) is 12.8. The summed E-state index contributed by atoms with van der Waals surface area (Å²) in [5.74, 6) is -1.73. The van der Waals surface area contributed by atoms with Gasteiger partial charge in [0.05, 0.1) is 28.9 Å². The first-order chi connectivity index (χ1) is 17.7. The van der Waals surface area contributed by atoms with Crippen molar-refractivity contribution in [3.63, 3.8) is 0 Å². The molecule has 0 aliphatic rings. The van der Waals surface area contributed by atoms with E-state index in [4.69, 9.17) is 4.74 Å². The first kappa shape index (κ1) is 27.5. The lowest BCUT2D eigenvalue weighted by atomic mass is 10.1. The number of anilines is 1. The van der Waals surface area contributed by atoms with E-state index >= 15 is 0 Å². The van der Waals surface area contributed by atoms with Crippen molar-refractivity contribution in [1.29, 1.82) is 0 Å². The van der Waals surface area contributed by atoms with Gasteiger partial charge in [-0.3, -0.25) is 9.59 Å². The number of hydrogen-bond acceptors (Lipinski definition) is 9. The van der Waals surface area contributed by atoms with Crippen molar-refractivity contribution in [2.24, 2.45) is 0 Å². The molecule has 0 fully saturated rings. The second-order valence-electron chi connectivity index (χ2n) is 8.14. The molecule has 2 heterocycles. The predicted molar refractivity (Wildman–Crippen MR) is 136 cm³/mol. The lowest BCUT2D eigenvalue weighted by Crippen LogP contribution is -2.49. The summed E-state index contributed by atoms with van der Waals surface area (Å²) in [5, 5.41) is 19.5. The Morgan fingerprint density at radius 1 is 1.14 bits per heavy atom. The number of ether oxygens (including phenoxy) is 1. The lowest BCUT2D eigenvalue weighted by molar-refractivity contribution is -0.142. The summed E-state index contributed by atoms with van der Waals surface area (Å²) >= 11 is 1.25. The number of carbonyl (C=O) groups is 3. The first-order valence-corrected chi connectivity index (χ1v) is 12.3. The molecule has 0 radical (unpaired) electrons. The molecule has 37 heavy (non-hydrogen) atoms. The number of phenolic OH excluding ortho intramolecular Hbond substituents is 1. The van der Waals surface area contributed by atoms with Crippen LogP contribution in [0.3, 0.4) is 0 Å². The number of nitrogens with one attached hydrogen (secondary N) is 3. The number of carbonyl (C=O) groups excluding carboxylic acids is 3. The molecule has 1 aromatic carbocycles. The zero-order valence-electron chi connectivity index (χ0n) is 20.6. The minimum atomic E-state index is -1.11. The van der Waals surface area contributed by atoms with Crippen molar-refractivity contribution < 1.29 is 28.6 Å². The van der Waals surface area contributed by atoms with Gasteiger partial charge in [-0.25, -0.2) is 19.2 Å². The molecule has 10 nitrogen and oxygen atoms in total. The molecule has 0 bridgehead atoms. The Morgan fingerprint density at radius 3 is 2.51 bits per heavy atom. The molecular formula is C25H28FN5O5S. The fraction of sp³-hybridized carbons (Fsp3) is 0.320. The van der Waals surface area contributed by atoms with Crippen LogP contribution >= 0.6 is 11.3 Å². The number of amides is 2. The van der Waals surface area contributed by atoms with Crippen molar-refractivity contribution in [1.82, 2.24) is 20.6 Å². The van der Waals surface area contributed by atoms with Gasteiger partial charge in [0.15, 0.2) is 0 Å². The summed E-state index contributed by atoms with van der Waals surface area (Å²) in [6.07, 6.45) is 0.964. The average molecular weight is 530 g/mol. The SMILES string of the molecule is COC(=O)C(CNC(=O)c1cccs1)NC(=O)c1c(C)nc(NCCCc2cc(O)ccc2F)nc1C. The summed E-state index contributed by atoms with van der Waals surface area (Å²) in [5.41, 5.74) is 1.38. The second-order valence-corrected chi connectivity index (χ2v) is 9.08. The van der Waals surface area contributed by atoms with Gasteiger partial charge in [0, 0.05) is 13.1 Å². The van der Waals surface area contributed by atoms with E-state index in [1.165, 1.54) is 36.6 Å². The molecule has 1 unspecified atom stereocenters. The number of hydrogen-bond donors (Lipinski definition) is 4. The van der Waals surface area contributed by atoms with E-state index in [2.05, 4.69) is 25.9 Å². The van der Waals surface area contributed by atoms with Gasteiger partial charge in [0.1, 0.15) is 17.6 Å². The van der Waals surface area contributed by atoms with Crippen LogP contribution in [0.15, 0.2) is 35.7 Å². The topological polar surface area (TPSA) is 143 Å². The van der Waals surface area contributed by atoms with Crippen molar-refractivity contribution >= 4 is 35.1 Å². The summed E-state index contributed by atoms with van der Waals surface area (Å²) in [6, 6.07) is 6.18. The Morgan fingerprint density at radius 2 is 1.86 bits per heavy atom. The fourth-order valence-corrected chi connectivity index (χ4v) is 4.25. The van der Waals surface area contributed by atoms with Crippen LogP contribution in [0.4, 0.5) is 10.3 Å². The third-order valence-corrected chi connectivity index (χ3v) is 6.30. The number of aryl methyl sites for hydroxylation is 3. The van der Waals surface area contributed by atoms with Gasteiger partial charge in [0.2, 0.25) is 5.95 Å². The van der Waals surface area contributed by atoms with Gasteiger partial charge in [-0.1, -0.05) is 6.07 Å². The largest absolute Gasteiger partial charge is 0.508 e. The molecule has 0 aliphatic carbocycles. The number of nitrogens with zero attached hydrogens (tertiary/aromatic N) is 2. The summed E-state index contributed by atoms with van der Waals surface area (Å²) in [7, 11) is 1.19. The van der Waals surface area contributed by atoms with Gasteiger partial charge in [-0.15, -0.1) is 11.3 Å². The van der Waals surface area contributed by atoms with Crippen LogP contribution in [0.2, 0.25) is 0 Å². The number of thiophene rings is 1. The maximum atomic E-state index is 13.8. The van der Waals surface area contributed by atoms with E-state index in [1.54, 1.807) is 31.4 Å². The zero-order chi connectivity index (χ0) is 26.9. The van der Waals surface area contributed by atoms with Gasteiger partial charge in [-0.2, -0.15) is 0 Å². The van der Waals surface area contributed by atoms with E-state index < -0.39 is 17.9 Å². The lowest BCUT2D eigenvalue weighted by Gasteiger charge is -2.18. The van der Waals surface area contributed by atoms with E-state index in [0.29, 0.717) is 47.2 Å². The molecular weight excluding hydrogens is 501 g/mol. The number of methoxy groups -OCH3 is 1. The van der Waals surface area contributed by atoms with Crippen molar-refractivity contribution in [2.75, 3.05) is 25.5 Å². The zero-order valence-corrected chi connectivity index (χ0v) is 21.4. The van der Waals surface area contributed by atoms with Crippen LogP contribution < -0.4 is 16.0 Å². The molecule has 0 spiro atoms. The summed E-state index contributed by atoms with van der Waals surface area (Å²) in [4.78, 5) is 46.6. The highest BCUT2D eigenvalue weighted by atomic mass is 32.1. The fourth-order valence-electron chi connectivity index (χ4n) is 3.61. The molecule has 1 atom stereocenters. The first-order valence-electron chi connectivity index (χ1n) is 11.5. The maximum Gasteiger partial charge on any atom is 0.330 e. The molecule has 196 valence electrons. The minimum absolute atomic E-state index is 0.00661.